The van der Waals surface area contributed by atoms with Crippen LogP contribution in [0, 0.1) is 13.8 Å². The summed E-state index contributed by atoms with van der Waals surface area (Å²) in [6.07, 6.45) is 2.06. The van der Waals surface area contributed by atoms with Gasteiger partial charge in [-0.1, -0.05) is 0 Å². The molecule has 0 aliphatic carbocycles. The van der Waals surface area contributed by atoms with Gasteiger partial charge in [-0.15, -0.1) is 0 Å². The molecule has 0 saturated carbocycles. The van der Waals surface area contributed by atoms with Gasteiger partial charge in [0.1, 0.15) is 0 Å². The summed E-state index contributed by atoms with van der Waals surface area (Å²) in [6, 6.07) is 6.13. The Bertz CT molecular complexity index is 428. The number of nitrogens with one attached hydrogen (secondary N) is 1. The standard InChI is InChI=1S/C16H28NOP/c1-7-9-14(19(4,5)6)16(18)17-15-12(2)10-8-11-13(15)3/h8,10-11,14,19H,7,9H2,1-6H3,(H,17,18). The van der Waals surface area contributed by atoms with Crippen LogP contribution in [0.15, 0.2) is 18.2 Å². The van der Waals surface area contributed by atoms with Gasteiger partial charge in [0, 0.05) is 0 Å². The van der Waals surface area contributed by atoms with Gasteiger partial charge in [-0.3, -0.25) is 0 Å². The van der Waals surface area contributed by atoms with E-state index in [-0.39, 0.29) is 11.6 Å². The Morgan fingerprint density at radius 3 is 2.16 bits per heavy atom. The number of para-hydroxylation sites is 1. The second-order valence-electron chi connectivity index (χ2n) is 6.46. The molecule has 0 saturated heterocycles. The van der Waals surface area contributed by atoms with E-state index in [0.717, 1.165) is 29.7 Å². The van der Waals surface area contributed by atoms with Crippen molar-refractivity contribution < 1.29 is 4.79 Å². The number of anilines is 1. The van der Waals surface area contributed by atoms with Crippen LogP contribution >= 0.6 is 7.26 Å². The number of benzene rings is 1. The third-order valence-corrected chi connectivity index (χ3v) is 6.31. The summed E-state index contributed by atoms with van der Waals surface area (Å²) in [6.45, 7) is 13.1. The third-order valence-electron chi connectivity index (χ3n) is 3.67. The first-order valence-corrected chi connectivity index (χ1v) is 10.7. The van der Waals surface area contributed by atoms with Crippen LogP contribution in [0.5, 0.6) is 0 Å². The number of carbonyl (C=O) groups is 1. The van der Waals surface area contributed by atoms with Crippen molar-refractivity contribution in [1.29, 1.82) is 0 Å². The van der Waals surface area contributed by atoms with Crippen LogP contribution in [0.2, 0.25) is 0 Å². The maximum atomic E-state index is 12.6. The first-order valence-electron chi connectivity index (χ1n) is 7.14. The Hall–Kier alpha value is -0.880. The fourth-order valence-electron chi connectivity index (χ4n) is 2.47. The molecule has 1 N–H and O–H groups in total. The van der Waals surface area contributed by atoms with E-state index in [0.29, 0.717) is 0 Å². The van der Waals surface area contributed by atoms with Gasteiger partial charge >= 0.3 is 118 Å². The van der Waals surface area contributed by atoms with Crippen molar-refractivity contribution in [2.24, 2.45) is 0 Å². The van der Waals surface area contributed by atoms with Crippen LogP contribution < -0.4 is 5.32 Å². The molecular formula is C16H28NOP. The van der Waals surface area contributed by atoms with Crippen molar-refractivity contribution in [3.05, 3.63) is 29.3 Å². The van der Waals surface area contributed by atoms with Crippen molar-refractivity contribution in [3.63, 3.8) is 0 Å². The molecule has 1 aromatic rings. The second kappa shape index (κ2) is 6.52. The summed E-state index contributed by atoms with van der Waals surface area (Å²) in [5.41, 5.74) is 3.46. The van der Waals surface area contributed by atoms with Crippen molar-refractivity contribution in [2.75, 3.05) is 25.3 Å². The molecule has 2 nitrogen and oxygen atoms in total. The summed E-state index contributed by atoms with van der Waals surface area (Å²) in [5, 5.41) is 3.17. The fourth-order valence-corrected chi connectivity index (χ4v) is 4.48. The number of hydrogen-bond donors (Lipinski definition) is 1. The van der Waals surface area contributed by atoms with Gasteiger partial charge in [0.15, 0.2) is 0 Å². The van der Waals surface area contributed by atoms with E-state index in [9.17, 15) is 4.79 Å². The van der Waals surface area contributed by atoms with Gasteiger partial charge in [-0.05, 0) is 0 Å². The molecule has 19 heavy (non-hydrogen) atoms. The van der Waals surface area contributed by atoms with Gasteiger partial charge in [0.2, 0.25) is 0 Å². The summed E-state index contributed by atoms with van der Waals surface area (Å²) in [7, 11) is -1.47. The van der Waals surface area contributed by atoms with E-state index in [4.69, 9.17) is 0 Å². The van der Waals surface area contributed by atoms with Gasteiger partial charge in [-0.2, -0.15) is 0 Å². The van der Waals surface area contributed by atoms with Crippen LogP contribution in [0.4, 0.5) is 5.69 Å². The number of carbonyl (C=O) groups excluding carboxylic acids is 1. The summed E-state index contributed by atoms with van der Waals surface area (Å²) >= 11 is 0. The van der Waals surface area contributed by atoms with Crippen LogP contribution in [0.3, 0.4) is 0 Å². The molecular weight excluding hydrogens is 253 g/mol. The Kier molecular flexibility index (Phi) is 5.55. The molecule has 0 radical (unpaired) electrons. The van der Waals surface area contributed by atoms with Crippen LogP contribution in [-0.4, -0.2) is 31.6 Å². The molecule has 1 aromatic carbocycles. The monoisotopic (exact) mass is 281 g/mol. The van der Waals surface area contributed by atoms with Gasteiger partial charge in [-0.25, -0.2) is 0 Å². The predicted molar refractivity (Wildman–Crippen MR) is 89.3 cm³/mol. The van der Waals surface area contributed by atoms with Crippen molar-refractivity contribution in [3.8, 4) is 0 Å². The molecule has 3 heteroatoms. The first kappa shape index (κ1) is 16.2. The van der Waals surface area contributed by atoms with Crippen LogP contribution in [-0.2, 0) is 4.79 Å². The molecule has 0 aliphatic heterocycles. The molecule has 1 unspecified atom stereocenters. The normalized spacial score (nSPS) is 14.0. The SMILES string of the molecule is CCCC(C(=O)Nc1c(C)cccc1C)[PH](C)(C)C. The van der Waals surface area contributed by atoms with E-state index in [1.54, 1.807) is 0 Å². The van der Waals surface area contributed by atoms with E-state index < -0.39 is 7.26 Å². The quantitative estimate of drug-likeness (QED) is 0.811. The van der Waals surface area contributed by atoms with Crippen molar-refractivity contribution in [1.82, 2.24) is 0 Å². The zero-order valence-electron chi connectivity index (χ0n) is 13.1. The molecule has 0 heterocycles. The Labute approximate surface area is 118 Å². The Morgan fingerprint density at radius 2 is 1.74 bits per heavy atom. The number of hydrogen-bond acceptors (Lipinski definition) is 1. The Balaban J connectivity index is 2.94. The van der Waals surface area contributed by atoms with Gasteiger partial charge in [0.25, 0.3) is 0 Å². The molecule has 0 aromatic heterocycles. The van der Waals surface area contributed by atoms with E-state index >= 15 is 0 Å². The van der Waals surface area contributed by atoms with E-state index in [1.807, 2.05) is 32.0 Å². The molecule has 0 aliphatic rings. The Morgan fingerprint density at radius 1 is 1.21 bits per heavy atom. The number of aryl methyl sites for hydroxylation is 2. The van der Waals surface area contributed by atoms with E-state index in [1.165, 1.54) is 0 Å². The van der Waals surface area contributed by atoms with Gasteiger partial charge in [0.05, 0.1) is 0 Å². The topological polar surface area (TPSA) is 29.1 Å². The average molecular weight is 281 g/mol. The van der Waals surface area contributed by atoms with Gasteiger partial charge < -0.3 is 0 Å². The zero-order chi connectivity index (χ0) is 14.6. The van der Waals surface area contributed by atoms with Crippen LogP contribution in [0.25, 0.3) is 0 Å². The minimum atomic E-state index is -1.47. The molecule has 0 spiro atoms. The second-order valence-corrected chi connectivity index (χ2v) is 11.9. The van der Waals surface area contributed by atoms with Crippen molar-refractivity contribution in [2.45, 2.75) is 39.3 Å². The zero-order valence-corrected chi connectivity index (χ0v) is 14.1. The molecule has 0 bridgehead atoms. The molecule has 1 rings (SSSR count). The number of amides is 1. The fraction of sp³-hybridized carbons (Fsp3) is 0.562. The van der Waals surface area contributed by atoms with Crippen LogP contribution in [0.1, 0.15) is 30.9 Å². The maximum absolute atomic E-state index is 12.6. The summed E-state index contributed by atoms with van der Waals surface area (Å²) in [4.78, 5) is 12.6. The molecule has 1 amide bonds. The van der Waals surface area contributed by atoms with Crippen molar-refractivity contribution >= 4 is 18.9 Å². The number of rotatable bonds is 5. The predicted octanol–water partition coefficient (Wildman–Crippen LogP) is 4.05. The summed E-state index contributed by atoms with van der Waals surface area (Å²) in [5.74, 6) is 0.207. The molecule has 0 fully saturated rings. The summed E-state index contributed by atoms with van der Waals surface area (Å²) < 4.78 is 0. The first-order chi connectivity index (χ1) is 8.77. The molecule has 1 atom stereocenters. The average Bonchev–Trinajstić information content (AvgIpc) is 2.29. The third kappa shape index (κ3) is 4.31. The minimum absolute atomic E-state index is 0.191. The van der Waals surface area contributed by atoms with E-state index in [2.05, 4.69) is 32.2 Å². The molecule has 108 valence electrons.